The van der Waals surface area contributed by atoms with E-state index in [1.807, 2.05) is 0 Å². The number of aromatic hydroxyl groups is 1. The molecule has 11 heteroatoms. The molecule has 2 saturated heterocycles. The molecule has 0 aliphatic carbocycles. The highest BCUT2D eigenvalue weighted by molar-refractivity contribution is 6.00. The van der Waals surface area contributed by atoms with Gasteiger partial charge in [0.05, 0.1) is 6.67 Å². The molecule has 4 amide bonds. The third-order valence-electron chi connectivity index (χ3n) is 5.90. The largest absolute Gasteiger partial charge is 0.508 e. The molecule has 3 unspecified atom stereocenters. The number of nitrogens with one attached hydrogen (secondary N) is 2. The number of isocyanates is 1. The van der Waals surface area contributed by atoms with E-state index in [2.05, 4.69) is 15.6 Å². The normalized spacial score (nSPS) is 21.5. The van der Waals surface area contributed by atoms with Gasteiger partial charge in [0, 0.05) is 19.2 Å². The Morgan fingerprint density at radius 3 is 2.58 bits per heavy atom. The lowest BCUT2D eigenvalue weighted by Gasteiger charge is -2.40. The first-order chi connectivity index (χ1) is 15.8. The fourth-order valence-electron chi connectivity index (χ4n) is 4.03. The Morgan fingerprint density at radius 1 is 1.18 bits per heavy atom. The van der Waals surface area contributed by atoms with Crippen LogP contribution >= 0.6 is 0 Å². The van der Waals surface area contributed by atoms with Gasteiger partial charge in [0.1, 0.15) is 24.1 Å². The van der Waals surface area contributed by atoms with Gasteiger partial charge in [-0.25, -0.2) is 9.59 Å². The van der Waals surface area contributed by atoms with Crippen molar-refractivity contribution in [3.05, 3.63) is 36.5 Å². The van der Waals surface area contributed by atoms with Crippen molar-refractivity contribution < 1.29 is 24.3 Å². The zero-order valence-electron chi connectivity index (χ0n) is 18.7. The van der Waals surface area contributed by atoms with Gasteiger partial charge < -0.3 is 15.3 Å². The van der Waals surface area contributed by atoms with Crippen molar-refractivity contribution in [2.75, 3.05) is 20.6 Å². The number of nitrogens with zero attached hydrogens (tertiary/aromatic N) is 4. The first-order valence-electron chi connectivity index (χ1n) is 10.9. The van der Waals surface area contributed by atoms with Crippen LogP contribution in [0.4, 0.5) is 4.79 Å². The van der Waals surface area contributed by atoms with Crippen molar-refractivity contribution in [1.29, 1.82) is 0 Å². The van der Waals surface area contributed by atoms with Crippen LogP contribution in [0.15, 0.2) is 29.3 Å². The summed E-state index contributed by atoms with van der Waals surface area (Å²) in [5.74, 6) is -0.546. The van der Waals surface area contributed by atoms with Crippen LogP contribution in [0.25, 0.3) is 0 Å². The standard InChI is InChI=1S/C22H29N6O5/c1-26-13-23-19-18(26)21(32)28(22(33)27(19)2)12-6-4-3-5-7-17(24-14-29)25-20(31)15-8-10-16(30)11-9-15/h8-11,13,17-19,23,30H,3-7,12H2,1-2H3,(H,25,31). The molecule has 3 N–H and O–H groups in total. The molecular weight excluding hydrogens is 428 g/mol. The fourth-order valence-corrected chi connectivity index (χ4v) is 4.03. The zero-order valence-corrected chi connectivity index (χ0v) is 18.7. The van der Waals surface area contributed by atoms with E-state index in [9.17, 15) is 24.3 Å². The number of urea groups is 1. The summed E-state index contributed by atoms with van der Waals surface area (Å²) in [7, 11) is 3.48. The topological polar surface area (TPSA) is 135 Å². The number of imide groups is 1. The summed E-state index contributed by atoms with van der Waals surface area (Å²) in [6.07, 6.45) is 3.82. The maximum Gasteiger partial charge on any atom is 0.327 e. The maximum atomic E-state index is 12.8. The van der Waals surface area contributed by atoms with Gasteiger partial charge in [-0.05, 0) is 50.6 Å². The van der Waals surface area contributed by atoms with E-state index in [1.54, 1.807) is 30.6 Å². The Bertz CT molecular complexity index is 916. The van der Waals surface area contributed by atoms with Crippen molar-refractivity contribution in [3.63, 3.8) is 0 Å². The number of rotatable bonds is 10. The molecule has 0 bridgehead atoms. The van der Waals surface area contributed by atoms with Gasteiger partial charge in [-0.1, -0.05) is 12.8 Å². The molecule has 2 aliphatic heterocycles. The molecule has 3 atom stereocenters. The Kier molecular flexibility index (Phi) is 8.16. The third kappa shape index (κ3) is 5.75. The summed E-state index contributed by atoms with van der Waals surface area (Å²) in [4.78, 5) is 56.6. The second-order valence-electron chi connectivity index (χ2n) is 8.19. The molecule has 2 heterocycles. The summed E-state index contributed by atoms with van der Waals surface area (Å²) >= 11 is 0. The van der Waals surface area contributed by atoms with E-state index in [-0.39, 0.29) is 23.9 Å². The lowest BCUT2D eigenvalue weighted by atomic mass is 10.1. The summed E-state index contributed by atoms with van der Waals surface area (Å²) in [5.41, 5.74) is 0.350. The van der Waals surface area contributed by atoms with Crippen LogP contribution in [0.1, 0.15) is 42.5 Å². The van der Waals surface area contributed by atoms with E-state index in [4.69, 9.17) is 0 Å². The van der Waals surface area contributed by atoms with Crippen LogP contribution in [0.5, 0.6) is 5.75 Å². The van der Waals surface area contributed by atoms with E-state index in [0.29, 0.717) is 31.4 Å². The SMILES string of the molecule is CN1[CH]NC2C1C(=O)N(CCCCCCC(N=C=O)NC(=O)c1ccc(O)cc1)C(=O)N2C. The maximum absolute atomic E-state index is 12.8. The Hall–Kier alpha value is -3.27. The quantitative estimate of drug-likeness (QED) is 0.271. The Morgan fingerprint density at radius 2 is 1.88 bits per heavy atom. The lowest BCUT2D eigenvalue weighted by Crippen LogP contribution is -2.65. The molecule has 1 aromatic rings. The Balaban J connectivity index is 1.41. The van der Waals surface area contributed by atoms with E-state index in [1.165, 1.54) is 35.2 Å². The van der Waals surface area contributed by atoms with Crippen molar-refractivity contribution in [1.82, 2.24) is 25.3 Å². The lowest BCUT2D eigenvalue weighted by molar-refractivity contribution is -0.137. The van der Waals surface area contributed by atoms with E-state index in [0.717, 1.165) is 12.8 Å². The molecule has 2 fully saturated rings. The number of likely N-dealkylation sites (N-methyl/N-ethyl adjacent to an activating group) is 2. The number of benzene rings is 1. The minimum absolute atomic E-state index is 0.0543. The number of hydrogen-bond donors (Lipinski definition) is 3. The number of unbranched alkanes of at least 4 members (excludes halogenated alkanes) is 3. The zero-order chi connectivity index (χ0) is 24.0. The van der Waals surface area contributed by atoms with Gasteiger partial charge in [-0.15, -0.1) is 0 Å². The summed E-state index contributed by atoms with van der Waals surface area (Å²) < 4.78 is 0. The van der Waals surface area contributed by atoms with Crippen molar-refractivity contribution in [2.45, 2.75) is 50.5 Å². The first kappa shape index (κ1) is 24.4. The van der Waals surface area contributed by atoms with Crippen LogP contribution in [0, 0.1) is 6.67 Å². The van der Waals surface area contributed by atoms with Crippen LogP contribution in [0.2, 0.25) is 0 Å². The average molecular weight is 458 g/mol. The van der Waals surface area contributed by atoms with Gasteiger partial charge in [-0.3, -0.25) is 24.7 Å². The van der Waals surface area contributed by atoms with Crippen LogP contribution < -0.4 is 10.6 Å². The Labute approximate surface area is 192 Å². The van der Waals surface area contributed by atoms with Gasteiger partial charge in [0.2, 0.25) is 6.08 Å². The number of hydrogen-bond acceptors (Lipinski definition) is 8. The molecule has 3 rings (SSSR count). The monoisotopic (exact) mass is 457 g/mol. The van der Waals surface area contributed by atoms with Crippen molar-refractivity contribution in [3.8, 4) is 5.75 Å². The number of amides is 4. The summed E-state index contributed by atoms with van der Waals surface area (Å²) in [5, 5.41) is 15.0. The summed E-state index contributed by atoms with van der Waals surface area (Å²) in [6.45, 7) is 2.05. The van der Waals surface area contributed by atoms with Crippen LogP contribution in [0.3, 0.4) is 0 Å². The van der Waals surface area contributed by atoms with Crippen molar-refractivity contribution >= 4 is 23.9 Å². The molecule has 1 radical (unpaired) electrons. The fraction of sp³-hybridized carbons (Fsp3) is 0.500. The minimum atomic E-state index is -0.693. The molecule has 33 heavy (non-hydrogen) atoms. The molecular formula is C22H29N6O5. The van der Waals surface area contributed by atoms with Crippen LogP contribution in [-0.2, 0) is 9.59 Å². The molecule has 0 saturated carbocycles. The predicted octanol–water partition coefficient (Wildman–Crippen LogP) is 0.977. The summed E-state index contributed by atoms with van der Waals surface area (Å²) in [6, 6.07) is 5.03. The molecule has 0 spiro atoms. The predicted molar refractivity (Wildman–Crippen MR) is 118 cm³/mol. The second-order valence-corrected chi connectivity index (χ2v) is 8.19. The molecule has 11 nitrogen and oxygen atoms in total. The number of aliphatic imine (C=N–C) groups is 1. The number of carbonyl (C=O) groups excluding carboxylic acids is 4. The second kappa shape index (κ2) is 11.0. The molecule has 1 aromatic carbocycles. The molecule has 0 aromatic heterocycles. The van der Waals surface area contributed by atoms with Gasteiger partial charge in [0.25, 0.3) is 11.8 Å². The molecule has 2 aliphatic rings. The third-order valence-corrected chi connectivity index (χ3v) is 5.90. The minimum Gasteiger partial charge on any atom is -0.508 e. The van der Waals surface area contributed by atoms with Crippen LogP contribution in [-0.4, -0.2) is 82.7 Å². The highest BCUT2D eigenvalue weighted by atomic mass is 16.3. The highest BCUT2D eigenvalue weighted by Crippen LogP contribution is 2.24. The van der Waals surface area contributed by atoms with E-state index < -0.39 is 18.1 Å². The average Bonchev–Trinajstić information content (AvgIpc) is 3.18. The first-order valence-corrected chi connectivity index (χ1v) is 10.9. The molecule has 177 valence electrons. The highest BCUT2D eigenvalue weighted by Gasteiger charge is 2.49. The number of carbonyl (C=O) groups is 3. The smallest absolute Gasteiger partial charge is 0.327 e. The van der Waals surface area contributed by atoms with Gasteiger partial charge in [-0.2, -0.15) is 4.99 Å². The van der Waals surface area contributed by atoms with E-state index >= 15 is 0 Å². The number of phenolic OH excluding ortho intramolecular Hbond substituents is 1. The van der Waals surface area contributed by atoms with Crippen molar-refractivity contribution in [2.24, 2.45) is 4.99 Å². The van der Waals surface area contributed by atoms with Gasteiger partial charge >= 0.3 is 6.03 Å². The number of phenols is 1. The number of fused-ring (bicyclic) bond motifs is 1. The van der Waals surface area contributed by atoms with Gasteiger partial charge in [0.15, 0.2) is 0 Å².